The van der Waals surface area contributed by atoms with Crippen LogP contribution >= 0.6 is 0 Å². The van der Waals surface area contributed by atoms with Crippen LogP contribution in [0.2, 0.25) is 0 Å². The van der Waals surface area contributed by atoms with Crippen molar-refractivity contribution in [1.29, 1.82) is 0 Å². The largest absolute Gasteiger partial charge is 0.481 e. The number of amides is 1. The third-order valence-corrected chi connectivity index (χ3v) is 3.68. The number of carbonyl (C=O) groups is 2. The number of hydrogen-bond donors (Lipinski definition) is 2. The van der Waals surface area contributed by atoms with Gasteiger partial charge in [0.15, 0.2) is 0 Å². The van der Waals surface area contributed by atoms with E-state index in [1.54, 1.807) is 0 Å². The Morgan fingerprint density at radius 3 is 2.82 bits per heavy atom. The van der Waals surface area contributed by atoms with Gasteiger partial charge in [0.05, 0.1) is 12.8 Å². The van der Waals surface area contributed by atoms with Crippen molar-refractivity contribution in [3.05, 3.63) is 29.3 Å². The second kappa shape index (κ2) is 3.32. The minimum absolute atomic E-state index is 0.00132. The number of benzene rings is 1. The summed E-state index contributed by atoms with van der Waals surface area (Å²) in [6.45, 7) is 0. The van der Waals surface area contributed by atoms with E-state index < -0.39 is 5.97 Å². The van der Waals surface area contributed by atoms with E-state index in [4.69, 9.17) is 5.11 Å². The van der Waals surface area contributed by atoms with Gasteiger partial charge in [-0.25, -0.2) is 0 Å². The number of rotatable bonds is 3. The van der Waals surface area contributed by atoms with Gasteiger partial charge in [-0.05, 0) is 24.0 Å². The topological polar surface area (TPSA) is 66.4 Å². The molecule has 2 aliphatic rings. The first-order chi connectivity index (χ1) is 8.11. The van der Waals surface area contributed by atoms with Crippen LogP contribution in [0.25, 0.3) is 0 Å². The summed E-state index contributed by atoms with van der Waals surface area (Å²) in [6.07, 6.45) is 2.35. The van der Waals surface area contributed by atoms with Gasteiger partial charge in [-0.15, -0.1) is 0 Å². The Hall–Kier alpha value is -1.84. The summed E-state index contributed by atoms with van der Waals surface area (Å²) in [5.41, 5.74) is 2.61. The Bertz CT molecular complexity index is 517. The second-order valence-corrected chi connectivity index (χ2v) is 4.92. The molecule has 0 aromatic heterocycles. The molecule has 1 aliphatic heterocycles. The quantitative estimate of drug-likeness (QED) is 0.831. The van der Waals surface area contributed by atoms with Crippen LogP contribution in [-0.2, 0) is 21.4 Å². The van der Waals surface area contributed by atoms with E-state index in [0.717, 1.165) is 29.7 Å². The molecule has 4 heteroatoms. The molecule has 1 saturated carbocycles. The van der Waals surface area contributed by atoms with Crippen LogP contribution in [0.15, 0.2) is 18.2 Å². The van der Waals surface area contributed by atoms with E-state index in [9.17, 15) is 9.59 Å². The number of anilines is 1. The molecule has 1 fully saturated rings. The summed E-state index contributed by atoms with van der Waals surface area (Å²) in [6, 6.07) is 5.78. The summed E-state index contributed by atoms with van der Waals surface area (Å²) in [5.74, 6) is -0.775. The molecule has 4 nitrogen and oxygen atoms in total. The Morgan fingerprint density at radius 2 is 2.18 bits per heavy atom. The molecule has 0 bridgehead atoms. The summed E-state index contributed by atoms with van der Waals surface area (Å²) < 4.78 is 0. The fourth-order valence-electron chi connectivity index (χ4n) is 2.68. The first-order valence-electron chi connectivity index (χ1n) is 5.75. The molecule has 17 heavy (non-hydrogen) atoms. The molecule has 0 unspecified atom stereocenters. The molecule has 0 radical (unpaired) electrons. The molecular weight excluding hydrogens is 218 g/mol. The smallest absolute Gasteiger partial charge is 0.304 e. The van der Waals surface area contributed by atoms with Crippen molar-refractivity contribution in [3.63, 3.8) is 0 Å². The molecule has 2 N–H and O–H groups in total. The van der Waals surface area contributed by atoms with E-state index in [1.165, 1.54) is 0 Å². The third kappa shape index (κ3) is 1.60. The maximum Gasteiger partial charge on any atom is 0.304 e. The molecule has 1 aromatic rings. The molecule has 0 saturated heterocycles. The SMILES string of the molecule is O=C(O)CC1(c2cccc3c2NC(=O)C3)CC1. The fraction of sp³-hybridized carbons (Fsp3) is 0.385. The molecular formula is C13H13NO3. The van der Waals surface area contributed by atoms with Crippen molar-refractivity contribution in [1.82, 2.24) is 0 Å². The number of carboxylic acid groups (broad SMARTS) is 1. The summed E-state index contributed by atoms with van der Waals surface area (Å²) in [4.78, 5) is 22.3. The lowest BCUT2D eigenvalue weighted by molar-refractivity contribution is -0.137. The number of fused-ring (bicyclic) bond motifs is 1. The van der Waals surface area contributed by atoms with Gasteiger partial charge < -0.3 is 10.4 Å². The van der Waals surface area contributed by atoms with Gasteiger partial charge in [-0.2, -0.15) is 0 Å². The normalized spacial score (nSPS) is 19.6. The molecule has 0 spiro atoms. The maximum absolute atomic E-state index is 11.4. The molecule has 3 rings (SSSR count). The first kappa shape index (κ1) is 10.3. The Labute approximate surface area is 98.6 Å². The number of carboxylic acids is 1. The van der Waals surface area contributed by atoms with Crippen molar-refractivity contribution >= 4 is 17.6 Å². The zero-order valence-corrected chi connectivity index (χ0v) is 9.32. The average molecular weight is 231 g/mol. The maximum atomic E-state index is 11.4. The van der Waals surface area contributed by atoms with Gasteiger partial charge in [0.25, 0.3) is 0 Å². The molecule has 1 aromatic carbocycles. The lowest BCUT2D eigenvalue weighted by Gasteiger charge is -2.17. The monoisotopic (exact) mass is 231 g/mol. The van der Waals surface area contributed by atoms with E-state index in [0.29, 0.717) is 6.42 Å². The van der Waals surface area contributed by atoms with Crippen LogP contribution in [-0.4, -0.2) is 17.0 Å². The Kier molecular flexibility index (Phi) is 2.02. The fourth-order valence-corrected chi connectivity index (χ4v) is 2.68. The number of aliphatic carboxylic acids is 1. The highest BCUT2D eigenvalue weighted by molar-refractivity contribution is 6.00. The van der Waals surface area contributed by atoms with Gasteiger partial charge in [-0.3, -0.25) is 9.59 Å². The Morgan fingerprint density at radius 1 is 1.41 bits per heavy atom. The van der Waals surface area contributed by atoms with Gasteiger partial charge in [0.2, 0.25) is 5.91 Å². The lowest BCUT2D eigenvalue weighted by Crippen LogP contribution is -2.15. The van der Waals surface area contributed by atoms with Crippen molar-refractivity contribution < 1.29 is 14.7 Å². The minimum atomic E-state index is -0.774. The van der Waals surface area contributed by atoms with Crippen LogP contribution in [0, 0.1) is 0 Å². The van der Waals surface area contributed by atoms with Crippen molar-refractivity contribution in [2.24, 2.45) is 0 Å². The van der Waals surface area contributed by atoms with Gasteiger partial charge >= 0.3 is 5.97 Å². The molecule has 0 atom stereocenters. The zero-order valence-electron chi connectivity index (χ0n) is 9.32. The summed E-state index contributed by atoms with van der Waals surface area (Å²) >= 11 is 0. The highest BCUT2D eigenvalue weighted by Crippen LogP contribution is 2.54. The predicted molar refractivity (Wildman–Crippen MR) is 61.9 cm³/mol. The highest BCUT2D eigenvalue weighted by atomic mass is 16.4. The van der Waals surface area contributed by atoms with Crippen LogP contribution in [0.1, 0.15) is 30.4 Å². The minimum Gasteiger partial charge on any atom is -0.481 e. The molecule has 1 heterocycles. The average Bonchev–Trinajstić information content (AvgIpc) is 2.90. The van der Waals surface area contributed by atoms with Crippen LogP contribution in [0.4, 0.5) is 5.69 Å². The van der Waals surface area contributed by atoms with Gasteiger partial charge in [0.1, 0.15) is 0 Å². The molecule has 88 valence electrons. The van der Waals surface area contributed by atoms with E-state index >= 15 is 0 Å². The zero-order chi connectivity index (χ0) is 12.0. The van der Waals surface area contributed by atoms with Crippen LogP contribution in [0.5, 0.6) is 0 Å². The van der Waals surface area contributed by atoms with Crippen molar-refractivity contribution in [3.8, 4) is 0 Å². The third-order valence-electron chi connectivity index (χ3n) is 3.68. The summed E-state index contributed by atoms with van der Waals surface area (Å²) in [5, 5.41) is 11.8. The van der Waals surface area contributed by atoms with Gasteiger partial charge in [0, 0.05) is 11.1 Å². The Balaban J connectivity index is 2.03. The van der Waals surface area contributed by atoms with Crippen LogP contribution < -0.4 is 5.32 Å². The number of hydrogen-bond acceptors (Lipinski definition) is 2. The number of para-hydroxylation sites is 1. The number of carbonyl (C=O) groups excluding carboxylic acids is 1. The molecule has 1 amide bonds. The second-order valence-electron chi connectivity index (χ2n) is 4.92. The lowest BCUT2D eigenvalue weighted by atomic mass is 9.89. The van der Waals surface area contributed by atoms with Gasteiger partial charge in [-0.1, -0.05) is 18.2 Å². The number of nitrogens with one attached hydrogen (secondary N) is 1. The highest BCUT2D eigenvalue weighted by Gasteiger charge is 2.48. The van der Waals surface area contributed by atoms with Crippen molar-refractivity contribution in [2.45, 2.75) is 31.1 Å². The van der Waals surface area contributed by atoms with E-state index in [-0.39, 0.29) is 17.7 Å². The predicted octanol–water partition coefficient (Wildman–Crippen LogP) is 1.69. The molecule has 1 aliphatic carbocycles. The van der Waals surface area contributed by atoms with E-state index in [1.807, 2.05) is 18.2 Å². The standard InChI is InChI=1S/C13H13NO3/c15-10-6-8-2-1-3-9(12(8)14-10)13(4-5-13)7-11(16)17/h1-3H,4-7H2,(H,14,15)(H,16,17). The van der Waals surface area contributed by atoms with Crippen molar-refractivity contribution in [2.75, 3.05) is 5.32 Å². The summed E-state index contributed by atoms with van der Waals surface area (Å²) in [7, 11) is 0. The van der Waals surface area contributed by atoms with E-state index in [2.05, 4.69) is 5.32 Å². The first-order valence-corrected chi connectivity index (χ1v) is 5.75. The van der Waals surface area contributed by atoms with Crippen LogP contribution in [0.3, 0.4) is 0 Å².